The molecule has 4 rings (SSSR count). The van der Waals surface area contributed by atoms with Crippen molar-refractivity contribution in [2.75, 3.05) is 41.8 Å². The van der Waals surface area contributed by atoms with E-state index in [1.54, 1.807) is 18.2 Å². The lowest BCUT2D eigenvalue weighted by Crippen LogP contribution is -2.37. The summed E-state index contributed by atoms with van der Waals surface area (Å²) < 4.78 is 5.45. The minimum absolute atomic E-state index is 0.285. The number of hydrogen-bond acceptors (Lipinski definition) is 5. The van der Waals surface area contributed by atoms with Crippen LogP contribution in [0.4, 0.5) is 17.1 Å². The van der Waals surface area contributed by atoms with Gasteiger partial charge in [0.05, 0.1) is 30.6 Å². The molecule has 0 saturated carbocycles. The van der Waals surface area contributed by atoms with E-state index in [-0.39, 0.29) is 11.8 Å². The Kier molecular flexibility index (Phi) is 7.27. The van der Waals surface area contributed by atoms with Crippen LogP contribution in [0.3, 0.4) is 0 Å². The van der Waals surface area contributed by atoms with Crippen LogP contribution in [0.5, 0.6) is 0 Å². The van der Waals surface area contributed by atoms with E-state index in [1.165, 1.54) is 0 Å². The molecular formula is C26H29N3O5. The highest BCUT2D eigenvalue weighted by molar-refractivity contribution is 6.09. The van der Waals surface area contributed by atoms with Gasteiger partial charge in [-0.05, 0) is 55.7 Å². The van der Waals surface area contributed by atoms with Crippen molar-refractivity contribution in [1.82, 2.24) is 0 Å². The Morgan fingerprint density at radius 1 is 0.941 bits per heavy atom. The van der Waals surface area contributed by atoms with Gasteiger partial charge in [0.15, 0.2) is 0 Å². The number of carboxylic acid groups (broad SMARTS) is 1. The summed E-state index contributed by atoms with van der Waals surface area (Å²) >= 11 is 0. The number of allylic oxidation sites excluding steroid dienone is 2. The maximum atomic E-state index is 13.3. The van der Waals surface area contributed by atoms with Crippen molar-refractivity contribution in [2.24, 2.45) is 11.8 Å². The lowest BCUT2D eigenvalue weighted by Gasteiger charge is -2.30. The van der Waals surface area contributed by atoms with E-state index in [0.717, 1.165) is 11.3 Å². The first kappa shape index (κ1) is 23.5. The van der Waals surface area contributed by atoms with Gasteiger partial charge in [-0.2, -0.15) is 0 Å². The van der Waals surface area contributed by atoms with Crippen LogP contribution in [0.25, 0.3) is 0 Å². The SMILES string of the molecule is Cc1cccc(NC(=O)c2cc(NC(=O)[C@H]3CC=CC[C@H]3C(=O)O)ccc2N2CCOCC2)c1. The lowest BCUT2D eigenvalue weighted by molar-refractivity contribution is -0.146. The highest BCUT2D eigenvalue weighted by Gasteiger charge is 2.34. The Bertz CT molecular complexity index is 1110. The van der Waals surface area contributed by atoms with Gasteiger partial charge < -0.3 is 25.4 Å². The first-order valence-electron chi connectivity index (χ1n) is 11.5. The van der Waals surface area contributed by atoms with Crippen molar-refractivity contribution in [2.45, 2.75) is 19.8 Å². The molecule has 178 valence electrons. The Morgan fingerprint density at radius 3 is 2.35 bits per heavy atom. The largest absolute Gasteiger partial charge is 0.481 e. The number of aryl methyl sites for hydroxylation is 1. The summed E-state index contributed by atoms with van der Waals surface area (Å²) in [6.45, 7) is 4.42. The lowest BCUT2D eigenvalue weighted by atomic mass is 9.82. The smallest absolute Gasteiger partial charge is 0.307 e. The Hall–Kier alpha value is -3.65. The topological polar surface area (TPSA) is 108 Å². The molecular weight excluding hydrogens is 434 g/mol. The molecule has 1 saturated heterocycles. The number of morpholine rings is 1. The monoisotopic (exact) mass is 463 g/mol. The molecule has 2 atom stereocenters. The van der Waals surface area contributed by atoms with Gasteiger partial charge in [-0.1, -0.05) is 24.3 Å². The Labute approximate surface area is 198 Å². The number of hydrogen-bond donors (Lipinski definition) is 3. The molecule has 2 amide bonds. The normalized spacial score (nSPS) is 20.0. The molecule has 3 N–H and O–H groups in total. The standard InChI is InChI=1S/C26H29N3O5/c1-17-5-4-6-18(15-17)27-25(31)22-16-19(9-10-23(22)29-11-13-34-14-12-29)28-24(30)20-7-2-3-8-21(20)26(32)33/h2-6,9-10,15-16,20-21H,7-8,11-14H2,1H3,(H,27,31)(H,28,30)(H,32,33)/t20-,21+/m0/s1. The highest BCUT2D eigenvalue weighted by Crippen LogP contribution is 2.30. The van der Waals surface area contributed by atoms with Crippen LogP contribution in [0.2, 0.25) is 0 Å². The van der Waals surface area contributed by atoms with Crippen molar-refractivity contribution in [3.63, 3.8) is 0 Å². The van der Waals surface area contributed by atoms with Crippen molar-refractivity contribution in [3.05, 3.63) is 65.7 Å². The summed E-state index contributed by atoms with van der Waals surface area (Å²) in [6.07, 6.45) is 4.34. The number of amides is 2. The first-order valence-corrected chi connectivity index (χ1v) is 11.5. The van der Waals surface area contributed by atoms with Gasteiger partial charge in [-0.15, -0.1) is 0 Å². The number of nitrogens with one attached hydrogen (secondary N) is 2. The first-order chi connectivity index (χ1) is 16.4. The number of benzene rings is 2. The molecule has 1 aliphatic heterocycles. The van der Waals surface area contributed by atoms with E-state index >= 15 is 0 Å². The number of aliphatic carboxylic acids is 1. The molecule has 1 aliphatic carbocycles. The fourth-order valence-corrected chi connectivity index (χ4v) is 4.41. The number of carbonyl (C=O) groups excluding carboxylic acids is 2. The maximum Gasteiger partial charge on any atom is 0.307 e. The molecule has 8 nitrogen and oxygen atoms in total. The zero-order valence-corrected chi connectivity index (χ0v) is 19.1. The zero-order chi connectivity index (χ0) is 24.1. The average molecular weight is 464 g/mol. The van der Waals surface area contributed by atoms with Gasteiger partial charge in [0.2, 0.25) is 5.91 Å². The number of carbonyl (C=O) groups is 3. The van der Waals surface area contributed by atoms with Crippen LogP contribution in [0, 0.1) is 18.8 Å². The molecule has 2 aliphatic rings. The van der Waals surface area contributed by atoms with E-state index in [0.29, 0.717) is 56.1 Å². The third kappa shape index (κ3) is 5.46. The molecule has 0 unspecified atom stereocenters. The number of carboxylic acids is 1. The van der Waals surface area contributed by atoms with Gasteiger partial charge in [0, 0.05) is 30.2 Å². The molecule has 0 spiro atoms. The fraction of sp³-hybridized carbons (Fsp3) is 0.346. The molecule has 2 aromatic rings. The minimum atomic E-state index is -0.981. The third-order valence-electron chi connectivity index (χ3n) is 6.22. The minimum Gasteiger partial charge on any atom is -0.481 e. The number of nitrogens with zero attached hydrogens (tertiary/aromatic N) is 1. The summed E-state index contributed by atoms with van der Waals surface area (Å²) in [7, 11) is 0. The van der Waals surface area contributed by atoms with Crippen LogP contribution in [0.1, 0.15) is 28.8 Å². The van der Waals surface area contributed by atoms with E-state index in [9.17, 15) is 19.5 Å². The fourth-order valence-electron chi connectivity index (χ4n) is 4.41. The van der Waals surface area contributed by atoms with Crippen LogP contribution in [-0.2, 0) is 14.3 Å². The van der Waals surface area contributed by atoms with Crippen molar-refractivity contribution >= 4 is 34.8 Å². The van der Waals surface area contributed by atoms with Crippen molar-refractivity contribution in [1.29, 1.82) is 0 Å². The maximum absolute atomic E-state index is 13.3. The predicted octanol–water partition coefficient (Wildman–Crippen LogP) is 3.69. The molecule has 8 heteroatoms. The van der Waals surface area contributed by atoms with Crippen LogP contribution in [0.15, 0.2) is 54.6 Å². The molecule has 2 aromatic carbocycles. The highest BCUT2D eigenvalue weighted by atomic mass is 16.5. The Morgan fingerprint density at radius 2 is 1.65 bits per heavy atom. The van der Waals surface area contributed by atoms with Crippen molar-refractivity contribution < 1.29 is 24.2 Å². The van der Waals surface area contributed by atoms with E-state index in [4.69, 9.17) is 4.74 Å². The van der Waals surface area contributed by atoms with Crippen LogP contribution < -0.4 is 15.5 Å². The number of ether oxygens (including phenoxy) is 1. The van der Waals surface area contributed by atoms with E-state index in [2.05, 4.69) is 15.5 Å². The second kappa shape index (κ2) is 10.5. The quantitative estimate of drug-likeness (QED) is 0.564. The van der Waals surface area contributed by atoms with Gasteiger partial charge in [-0.3, -0.25) is 14.4 Å². The Balaban J connectivity index is 1.60. The molecule has 0 bridgehead atoms. The van der Waals surface area contributed by atoms with Crippen LogP contribution >= 0.6 is 0 Å². The third-order valence-corrected chi connectivity index (χ3v) is 6.22. The van der Waals surface area contributed by atoms with Crippen molar-refractivity contribution in [3.8, 4) is 0 Å². The van der Waals surface area contributed by atoms with Gasteiger partial charge in [0.1, 0.15) is 0 Å². The summed E-state index contributed by atoms with van der Waals surface area (Å²) in [5.74, 6) is -3.05. The van der Waals surface area contributed by atoms with Gasteiger partial charge >= 0.3 is 5.97 Å². The summed E-state index contributed by atoms with van der Waals surface area (Å²) in [6, 6.07) is 12.8. The summed E-state index contributed by atoms with van der Waals surface area (Å²) in [5.41, 5.74) is 3.36. The summed E-state index contributed by atoms with van der Waals surface area (Å²) in [4.78, 5) is 39.9. The molecule has 34 heavy (non-hydrogen) atoms. The molecule has 0 radical (unpaired) electrons. The second-order valence-electron chi connectivity index (χ2n) is 8.64. The average Bonchev–Trinajstić information content (AvgIpc) is 2.84. The molecule has 0 aromatic heterocycles. The van der Waals surface area contributed by atoms with Crippen LogP contribution in [-0.4, -0.2) is 49.2 Å². The molecule has 1 fully saturated rings. The molecule has 1 heterocycles. The van der Waals surface area contributed by atoms with E-state index in [1.807, 2.05) is 43.3 Å². The van der Waals surface area contributed by atoms with Gasteiger partial charge in [-0.25, -0.2) is 0 Å². The number of anilines is 3. The second-order valence-corrected chi connectivity index (χ2v) is 8.64. The zero-order valence-electron chi connectivity index (χ0n) is 19.1. The number of rotatable bonds is 6. The van der Waals surface area contributed by atoms with Gasteiger partial charge in [0.25, 0.3) is 5.91 Å². The summed E-state index contributed by atoms with van der Waals surface area (Å²) in [5, 5.41) is 15.3. The van der Waals surface area contributed by atoms with E-state index < -0.39 is 17.8 Å². The predicted molar refractivity (Wildman–Crippen MR) is 130 cm³/mol.